The highest BCUT2D eigenvalue weighted by molar-refractivity contribution is 7.98. The van der Waals surface area contributed by atoms with Gasteiger partial charge in [0.15, 0.2) is 6.20 Å². The van der Waals surface area contributed by atoms with Crippen molar-refractivity contribution >= 4 is 29.4 Å². The van der Waals surface area contributed by atoms with Gasteiger partial charge < -0.3 is 14.7 Å². The van der Waals surface area contributed by atoms with E-state index in [-0.39, 0.29) is 13.2 Å². The molecule has 0 fully saturated rings. The summed E-state index contributed by atoms with van der Waals surface area (Å²) in [5, 5.41) is 12.6. The van der Waals surface area contributed by atoms with Crippen LogP contribution < -0.4 is 4.73 Å². The number of ether oxygens (including phenoxy) is 2. The lowest BCUT2D eigenvalue weighted by Gasteiger charge is -2.29. The SMILES string of the molecule is CCOC(=O)C1C(C)=NC2=C(C(=O)OC2)C1c1ccc[n+]([O-])c1SC. The van der Waals surface area contributed by atoms with Crippen molar-refractivity contribution < 1.29 is 23.8 Å². The fourth-order valence-electron chi connectivity index (χ4n) is 3.31. The molecular weight excluding hydrogens is 344 g/mol. The molecule has 0 amide bonds. The van der Waals surface area contributed by atoms with E-state index in [2.05, 4.69) is 4.99 Å². The average molecular weight is 362 g/mol. The minimum Gasteiger partial charge on any atom is -0.618 e. The Morgan fingerprint density at radius 2 is 2.32 bits per heavy atom. The molecule has 25 heavy (non-hydrogen) atoms. The van der Waals surface area contributed by atoms with Crippen molar-refractivity contribution in [2.45, 2.75) is 24.8 Å². The van der Waals surface area contributed by atoms with Crippen molar-refractivity contribution in [3.8, 4) is 0 Å². The molecule has 0 saturated heterocycles. The molecule has 0 radical (unpaired) electrons. The molecule has 2 aliphatic rings. The molecule has 3 rings (SSSR count). The van der Waals surface area contributed by atoms with Gasteiger partial charge in [-0.3, -0.25) is 9.79 Å². The van der Waals surface area contributed by atoms with E-state index >= 15 is 0 Å². The standard InChI is InChI=1S/C17H18N2O5S/c1-4-23-16(20)12-9(2)18-11-8-24-17(21)14(11)13(12)10-6-5-7-19(22)15(10)25-3/h5-7,12-13H,4,8H2,1-3H3. The number of hydrogen-bond acceptors (Lipinski definition) is 7. The molecule has 3 heterocycles. The van der Waals surface area contributed by atoms with E-state index in [1.807, 2.05) is 0 Å². The predicted molar refractivity (Wildman–Crippen MR) is 91.1 cm³/mol. The van der Waals surface area contributed by atoms with Gasteiger partial charge in [-0.2, -0.15) is 4.73 Å². The van der Waals surface area contributed by atoms with E-state index in [0.717, 1.165) is 4.73 Å². The number of pyridine rings is 1. The molecule has 2 aliphatic heterocycles. The van der Waals surface area contributed by atoms with Crippen molar-refractivity contribution in [3.63, 3.8) is 0 Å². The zero-order chi connectivity index (χ0) is 18.1. The average Bonchev–Trinajstić information content (AvgIpc) is 2.94. The number of carbonyl (C=O) groups excluding carboxylic acids is 2. The minimum absolute atomic E-state index is 0.0797. The molecule has 0 spiro atoms. The third-order valence-corrected chi connectivity index (χ3v) is 5.09. The van der Waals surface area contributed by atoms with E-state index in [0.29, 0.717) is 27.6 Å². The van der Waals surface area contributed by atoms with Crippen LogP contribution in [0.3, 0.4) is 0 Å². The summed E-state index contributed by atoms with van der Waals surface area (Å²) in [5.74, 6) is -2.38. The highest BCUT2D eigenvalue weighted by Crippen LogP contribution is 2.44. The van der Waals surface area contributed by atoms with Gasteiger partial charge in [-0.1, -0.05) is 11.8 Å². The predicted octanol–water partition coefficient (Wildman–Crippen LogP) is 1.59. The zero-order valence-electron chi connectivity index (χ0n) is 14.1. The molecule has 8 heteroatoms. The summed E-state index contributed by atoms with van der Waals surface area (Å²) in [6, 6.07) is 3.36. The van der Waals surface area contributed by atoms with Gasteiger partial charge >= 0.3 is 11.9 Å². The van der Waals surface area contributed by atoms with Gasteiger partial charge in [0.1, 0.15) is 12.5 Å². The summed E-state index contributed by atoms with van der Waals surface area (Å²) in [6.07, 6.45) is 3.17. The summed E-state index contributed by atoms with van der Waals surface area (Å²) in [6.45, 7) is 3.75. The zero-order valence-corrected chi connectivity index (χ0v) is 15.0. The first-order valence-electron chi connectivity index (χ1n) is 7.87. The Morgan fingerprint density at radius 3 is 3.00 bits per heavy atom. The maximum atomic E-state index is 12.6. The topological polar surface area (TPSA) is 91.9 Å². The molecule has 0 bridgehead atoms. The highest BCUT2D eigenvalue weighted by atomic mass is 32.2. The molecule has 1 aromatic heterocycles. The van der Waals surface area contributed by atoms with Gasteiger partial charge in [-0.15, -0.1) is 0 Å². The second-order valence-corrected chi connectivity index (χ2v) is 6.49. The fraction of sp³-hybridized carbons (Fsp3) is 0.412. The van der Waals surface area contributed by atoms with Gasteiger partial charge in [-0.05, 0) is 26.2 Å². The second kappa shape index (κ2) is 6.87. The van der Waals surface area contributed by atoms with Crippen LogP contribution in [0.25, 0.3) is 0 Å². The van der Waals surface area contributed by atoms with Crippen LogP contribution in [0, 0.1) is 11.1 Å². The number of rotatable bonds is 4. The number of aromatic nitrogens is 1. The molecule has 132 valence electrons. The summed E-state index contributed by atoms with van der Waals surface area (Å²) < 4.78 is 11.1. The number of hydrogen-bond donors (Lipinski definition) is 0. The molecule has 2 atom stereocenters. The molecule has 2 unspecified atom stereocenters. The Labute approximate surface area is 149 Å². The maximum absolute atomic E-state index is 12.6. The van der Waals surface area contributed by atoms with E-state index in [1.54, 1.807) is 32.2 Å². The normalized spacial score (nSPS) is 22.4. The van der Waals surface area contributed by atoms with Crippen LogP contribution in [-0.2, 0) is 19.1 Å². The first-order valence-corrected chi connectivity index (χ1v) is 9.10. The summed E-state index contributed by atoms with van der Waals surface area (Å²) in [5.41, 5.74) is 2.00. The molecule has 1 aromatic rings. The van der Waals surface area contributed by atoms with Gasteiger partial charge in [0.05, 0.1) is 17.9 Å². The van der Waals surface area contributed by atoms with E-state index < -0.39 is 23.8 Å². The lowest BCUT2D eigenvalue weighted by atomic mass is 9.76. The number of aliphatic imine (C=N–C) groups is 1. The molecule has 0 saturated carbocycles. The van der Waals surface area contributed by atoms with Crippen molar-refractivity contribution in [1.29, 1.82) is 0 Å². The first kappa shape index (κ1) is 17.5. The van der Waals surface area contributed by atoms with E-state index in [1.165, 1.54) is 18.0 Å². The Morgan fingerprint density at radius 1 is 1.56 bits per heavy atom. The molecular formula is C17H18N2O5S. The highest BCUT2D eigenvalue weighted by Gasteiger charge is 2.47. The smallest absolute Gasteiger partial charge is 0.337 e. The molecule has 7 nitrogen and oxygen atoms in total. The monoisotopic (exact) mass is 362 g/mol. The van der Waals surface area contributed by atoms with Crippen LogP contribution in [0.2, 0.25) is 0 Å². The van der Waals surface area contributed by atoms with E-state index in [9.17, 15) is 14.8 Å². The first-order chi connectivity index (χ1) is 12.0. The van der Waals surface area contributed by atoms with Gasteiger partial charge in [0, 0.05) is 23.3 Å². The van der Waals surface area contributed by atoms with Crippen molar-refractivity contribution in [1.82, 2.24) is 0 Å². The Hall–Kier alpha value is -2.35. The van der Waals surface area contributed by atoms with Crippen LogP contribution in [0.5, 0.6) is 0 Å². The van der Waals surface area contributed by atoms with Crippen LogP contribution in [0.4, 0.5) is 0 Å². The van der Waals surface area contributed by atoms with E-state index in [4.69, 9.17) is 9.47 Å². The molecule has 0 N–H and O–H groups in total. The summed E-state index contributed by atoms with van der Waals surface area (Å²) >= 11 is 1.26. The minimum atomic E-state index is -0.766. The Bertz CT molecular complexity index is 802. The van der Waals surface area contributed by atoms with Gasteiger partial charge in [0.25, 0.3) is 5.03 Å². The largest absolute Gasteiger partial charge is 0.618 e. The third kappa shape index (κ3) is 2.90. The molecule has 0 aliphatic carbocycles. The van der Waals surface area contributed by atoms with Crippen LogP contribution >= 0.6 is 11.8 Å². The molecule has 0 aromatic carbocycles. The lowest BCUT2D eigenvalue weighted by Crippen LogP contribution is -2.38. The van der Waals surface area contributed by atoms with Gasteiger partial charge in [0.2, 0.25) is 0 Å². The quantitative estimate of drug-likeness (QED) is 0.350. The summed E-state index contributed by atoms with van der Waals surface area (Å²) in [7, 11) is 0. The third-order valence-electron chi connectivity index (χ3n) is 4.29. The fourth-order valence-corrected chi connectivity index (χ4v) is 3.98. The van der Waals surface area contributed by atoms with Crippen LogP contribution in [-0.4, -0.2) is 37.1 Å². The second-order valence-electron chi connectivity index (χ2n) is 5.70. The number of esters is 2. The number of nitrogens with zero attached hydrogens (tertiary/aromatic N) is 2. The van der Waals surface area contributed by atoms with Crippen molar-refractivity contribution in [2.75, 3.05) is 19.5 Å². The number of carbonyl (C=O) groups is 2. The summed E-state index contributed by atoms with van der Waals surface area (Å²) in [4.78, 5) is 29.3. The van der Waals surface area contributed by atoms with Crippen LogP contribution in [0.15, 0.2) is 39.6 Å². The van der Waals surface area contributed by atoms with Crippen molar-refractivity contribution in [3.05, 3.63) is 40.4 Å². The maximum Gasteiger partial charge on any atom is 0.337 e. The Kier molecular flexibility index (Phi) is 4.80. The van der Waals surface area contributed by atoms with Gasteiger partial charge in [-0.25, -0.2) is 4.79 Å². The number of cyclic esters (lactones) is 1. The lowest BCUT2D eigenvalue weighted by molar-refractivity contribution is -0.646. The number of thioether (sulfide) groups is 1. The Balaban J connectivity index is 2.21. The van der Waals surface area contributed by atoms with Crippen LogP contribution in [0.1, 0.15) is 25.3 Å². The van der Waals surface area contributed by atoms with Crippen molar-refractivity contribution in [2.24, 2.45) is 10.9 Å².